The van der Waals surface area contributed by atoms with Crippen molar-refractivity contribution in [3.05, 3.63) is 0 Å². The third-order valence-electron chi connectivity index (χ3n) is 3.37. The normalized spacial score (nSPS) is 33.6. The highest BCUT2D eigenvalue weighted by Gasteiger charge is 2.30. The van der Waals surface area contributed by atoms with E-state index in [1.54, 1.807) is 0 Å². The van der Waals surface area contributed by atoms with Gasteiger partial charge in [-0.3, -0.25) is 0 Å². The Morgan fingerprint density at radius 1 is 1.36 bits per heavy atom. The summed E-state index contributed by atoms with van der Waals surface area (Å²) in [6.45, 7) is 7.86. The lowest BCUT2D eigenvalue weighted by atomic mass is 9.75. The van der Waals surface area contributed by atoms with E-state index in [0.29, 0.717) is 6.10 Å². The summed E-state index contributed by atoms with van der Waals surface area (Å²) < 4.78 is 5.93. The zero-order chi connectivity index (χ0) is 10.6. The highest BCUT2D eigenvalue weighted by molar-refractivity contribution is 9.09. The number of alkyl halides is 1. The van der Waals surface area contributed by atoms with Crippen LogP contribution < -0.4 is 0 Å². The van der Waals surface area contributed by atoms with E-state index < -0.39 is 0 Å². The minimum absolute atomic E-state index is 0.510. The third-order valence-corrected chi connectivity index (χ3v) is 3.69. The van der Waals surface area contributed by atoms with E-state index in [1.165, 1.54) is 19.3 Å². The minimum Gasteiger partial charge on any atom is -0.377 e. The molecule has 1 nitrogen and oxygen atoms in total. The molecule has 2 heteroatoms. The predicted octanol–water partition coefficient (Wildman–Crippen LogP) is 3.86. The number of hydrogen-bond donors (Lipinski definition) is 0. The number of hydrogen-bond acceptors (Lipinski definition) is 1. The van der Waals surface area contributed by atoms with Crippen molar-refractivity contribution < 1.29 is 4.74 Å². The van der Waals surface area contributed by atoms with Crippen LogP contribution in [0.3, 0.4) is 0 Å². The zero-order valence-corrected chi connectivity index (χ0v) is 11.2. The number of ether oxygens (including phenoxy) is 1. The maximum atomic E-state index is 5.93. The summed E-state index contributed by atoms with van der Waals surface area (Å²) in [6.07, 6.45) is 4.51. The zero-order valence-electron chi connectivity index (χ0n) is 9.63. The molecule has 1 saturated carbocycles. The summed E-state index contributed by atoms with van der Waals surface area (Å²) in [5, 5.41) is 0.961. The van der Waals surface area contributed by atoms with Crippen LogP contribution in [-0.2, 0) is 4.74 Å². The lowest BCUT2D eigenvalue weighted by Gasteiger charge is -2.37. The highest BCUT2D eigenvalue weighted by atomic mass is 79.9. The SMILES string of the molecule is CC1CCC(C(C)C)C(OCCBr)C1. The first kappa shape index (κ1) is 12.5. The van der Waals surface area contributed by atoms with Crippen LogP contribution in [0.1, 0.15) is 40.0 Å². The smallest absolute Gasteiger partial charge is 0.0608 e. The monoisotopic (exact) mass is 262 g/mol. The molecule has 0 saturated heterocycles. The number of halogens is 1. The molecule has 1 rings (SSSR count). The van der Waals surface area contributed by atoms with Crippen molar-refractivity contribution in [2.45, 2.75) is 46.1 Å². The van der Waals surface area contributed by atoms with Gasteiger partial charge in [-0.1, -0.05) is 43.1 Å². The van der Waals surface area contributed by atoms with E-state index in [1.807, 2.05) is 0 Å². The van der Waals surface area contributed by atoms with E-state index in [9.17, 15) is 0 Å². The molecule has 3 atom stereocenters. The second-order valence-electron chi connectivity index (χ2n) is 4.92. The van der Waals surface area contributed by atoms with Gasteiger partial charge in [0.25, 0.3) is 0 Å². The Balaban J connectivity index is 2.45. The average Bonchev–Trinajstić information content (AvgIpc) is 2.14. The molecule has 0 aromatic rings. The van der Waals surface area contributed by atoms with E-state index in [2.05, 4.69) is 36.7 Å². The Morgan fingerprint density at radius 3 is 2.64 bits per heavy atom. The molecule has 3 unspecified atom stereocenters. The van der Waals surface area contributed by atoms with Crippen LogP contribution in [0, 0.1) is 17.8 Å². The highest BCUT2D eigenvalue weighted by Crippen LogP contribution is 2.35. The fourth-order valence-electron chi connectivity index (χ4n) is 2.50. The van der Waals surface area contributed by atoms with Gasteiger partial charge in [0.2, 0.25) is 0 Å². The van der Waals surface area contributed by atoms with Gasteiger partial charge in [-0.2, -0.15) is 0 Å². The molecule has 0 aliphatic heterocycles. The lowest BCUT2D eigenvalue weighted by molar-refractivity contribution is -0.0313. The summed E-state index contributed by atoms with van der Waals surface area (Å²) in [6, 6.07) is 0. The summed E-state index contributed by atoms with van der Waals surface area (Å²) in [7, 11) is 0. The fraction of sp³-hybridized carbons (Fsp3) is 1.00. The maximum Gasteiger partial charge on any atom is 0.0608 e. The van der Waals surface area contributed by atoms with Gasteiger partial charge in [-0.25, -0.2) is 0 Å². The topological polar surface area (TPSA) is 9.23 Å². The summed E-state index contributed by atoms with van der Waals surface area (Å²) >= 11 is 3.42. The molecule has 1 aliphatic carbocycles. The van der Waals surface area contributed by atoms with Crippen molar-refractivity contribution in [3.8, 4) is 0 Å². The first-order chi connectivity index (χ1) is 6.65. The van der Waals surface area contributed by atoms with Gasteiger partial charge in [0.1, 0.15) is 0 Å². The van der Waals surface area contributed by atoms with Gasteiger partial charge in [0.15, 0.2) is 0 Å². The van der Waals surface area contributed by atoms with Crippen LogP contribution in [0.5, 0.6) is 0 Å². The van der Waals surface area contributed by atoms with E-state index in [0.717, 1.165) is 29.7 Å². The van der Waals surface area contributed by atoms with Crippen molar-refractivity contribution in [3.63, 3.8) is 0 Å². The average molecular weight is 263 g/mol. The van der Waals surface area contributed by atoms with Gasteiger partial charge in [0.05, 0.1) is 12.7 Å². The molecule has 0 radical (unpaired) electrons. The maximum absolute atomic E-state index is 5.93. The third kappa shape index (κ3) is 3.54. The van der Waals surface area contributed by atoms with Crippen LogP contribution in [0.25, 0.3) is 0 Å². The molecule has 84 valence electrons. The van der Waals surface area contributed by atoms with Gasteiger partial charge in [0, 0.05) is 5.33 Å². The molecule has 1 fully saturated rings. The molecule has 0 aromatic heterocycles. The molecule has 0 heterocycles. The van der Waals surface area contributed by atoms with Crippen LogP contribution in [0.4, 0.5) is 0 Å². The van der Waals surface area contributed by atoms with E-state index in [-0.39, 0.29) is 0 Å². The van der Waals surface area contributed by atoms with Crippen molar-refractivity contribution in [1.82, 2.24) is 0 Å². The molecule has 1 aliphatic rings. The van der Waals surface area contributed by atoms with Crippen molar-refractivity contribution in [2.75, 3.05) is 11.9 Å². The molecule has 0 aromatic carbocycles. The first-order valence-corrected chi connectivity index (χ1v) is 6.94. The standard InChI is InChI=1S/C12H23BrO/c1-9(2)11-5-4-10(3)8-12(11)14-7-6-13/h9-12H,4-8H2,1-3H3. The van der Waals surface area contributed by atoms with E-state index in [4.69, 9.17) is 4.74 Å². The van der Waals surface area contributed by atoms with Gasteiger partial charge in [-0.15, -0.1) is 0 Å². The molecule has 0 N–H and O–H groups in total. The second kappa shape index (κ2) is 6.12. The quantitative estimate of drug-likeness (QED) is 0.700. The lowest BCUT2D eigenvalue weighted by Crippen LogP contribution is -2.34. The van der Waals surface area contributed by atoms with Crippen molar-refractivity contribution >= 4 is 15.9 Å². The van der Waals surface area contributed by atoms with Crippen molar-refractivity contribution in [2.24, 2.45) is 17.8 Å². The van der Waals surface area contributed by atoms with Crippen molar-refractivity contribution in [1.29, 1.82) is 0 Å². The Kier molecular flexibility index (Phi) is 5.47. The van der Waals surface area contributed by atoms with E-state index >= 15 is 0 Å². The van der Waals surface area contributed by atoms with Gasteiger partial charge < -0.3 is 4.74 Å². The molecular weight excluding hydrogens is 240 g/mol. The Hall–Kier alpha value is 0.440. The Bertz CT molecular complexity index is 158. The van der Waals surface area contributed by atoms with Gasteiger partial charge in [-0.05, 0) is 30.6 Å². The first-order valence-electron chi connectivity index (χ1n) is 5.82. The minimum atomic E-state index is 0.510. The second-order valence-corrected chi connectivity index (χ2v) is 5.72. The Morgan fingerprint density at radius 2 is 2.07 bits per heavy atom. The number of rotatable bonds is 4. The molecule has 0 spiro atoms. The summed E-state index contributed by atoms with van der Waals surface area (Å²) in [4.78, 5) is 0. The van der Waals surface area contributed by atoms with Crippen LogP contribution >= 0.6 is 15.9 Å². The fourth-order valence-corrected chi connectivity index (χ4v) is 2.69. The predicted molar refractivity (Wildman–Crippen MR) is 64.9 cm³/mol. The molecule has 0 bridgehead atoms. The summed E-state index contributed by atoms with van der Waals surface area (Å²) in [5.41, 5.74) is 0. The van der Waals surface area contributed by atoms with Crippen LogP contribution in [-0.4, -0.2) is 18.0 Å². The van der Waals surface area contributed by atoms with Crippen LogP contribution in [0.2, 0.25) is 0 Å². The summed E-state index contributed by atoms with van der Waals surface area (Å²) in [5.74, 6) is 2.40. The van der Waals surface area contributed by atoms with Crippen LogP contribution in [0.15, 0.2) is 0 Å². The Labute approximate surface area is 96.7 Å². The molecular formula is C12H23BrO. The molecule has 14 heavy (non-hydrogen) atoms. The molecule has 0 amide bonds. The van der Waals surface area contributed by atoms with Gasteiger partial charge >= 0.3 is 0 Å². The largest absolute Gasteiger partial charge is 0.377 e.